The summed E-state index contributed by atoms with van der Waals surface area (Å²) in [4.78, 5) is 27.3. The standard InChI is InChI=1S/C19H18BrClN2O3/c20-14-4-5-17(22-18(24)12-23-6-8-26-9-7-23)16(11-14)19(25)13-2-1-3-15(21)10-13/h1-5,10-11H,6-9,12H2,(H,22,24). The van der Waals surface area contributed by atoms with Crippen molar-refractivity contribution in [2.45, 2.75) is 0 Å². The lowest BCUT2D eigenvalue weighted by molar-refractivity contribution is -0.118. The molecule has 0 saturated carbocycles. The average Bonchev–Trinajstić information content (AvgIpc) is 2.63. The second-order valence-corrected chi connectivity index (χ2v) is 7.32. The van der Waals surface area contributed by atoms with Crippen LogP contribution in [0, 0.1) is 0 Å². The molecule has 1 aliphatic heterocycles. The van der Waals surface area contributed by atoms with E-state index in [1.807, 2.05) is 4.90 Å². The first-order valence-electron chi connectivity index (χ1n) is 8.23. The molecule has 0 atom stereocenters. The summed E-state index contributed by atoms with van der Waals surface area (Å²) in [6.45, 7) is 2.97. The Bertz CT molecular complexity index is 822. The van der Waals surface area contributed by atoms with Gasteiger partial charge in [0.25, 0.3) is 0 Å². The van der Waals surface area contributed by atoms with Crippen LogP contribution in [0.1, 0.15) is 15.9 Å². The van der Waals surface area contributed by atoms with E-state index in [0.29, 0.717) is 35.1 Å². The molecule has 0 unspecified atom stereocenters. The predicted molar refractivity (Wildman–Crippen MR) is 105 cm³/mol. The maximum atomic E-state index is 12.9. The zero-order valence-corrected chi connectivity index (χ0v) is 16.3. The molecular formula is C19H18BrClN2O3. The summed E-state index contributed by atoms with van der Waals surface area (Å²) < 4.78 is 6.05. The lowest BCUT2D eigenvalue weighted by Gasteiger charge is -2.26. The number of amides is 1. The van der Waals surface area contributed by atoms with Gasteiger partial charge in [-0.3, -0.25) is 14.5 Å². The largest absolute Gasteiger partial charge is 0.379 e. The van der Waals surface area contributed by atoms with E-state index in [2.05, 4.69) is 21.2 Å². The van der Waals surface area contributed by atoms with E-state index >= 15 is 0 Å². The minimum absolute atomic E-state index is 0.158. The smallest absolute Gasteiger partial charge is 0.238 e. The maximum absolute atomic E-state index is 12.9. The molecule has 1 saturated heterocycles. The molecule has 1 aliphatic rings. The molecule has 136 valence electrons. The molecule has 0 aromatic heterocycles. The van der Waals surface area contributed by atoms with Gasteiger partial charge in [0.1, 0.15) is 0 Å². The topological polar surface area (TPSA) is 58.6 Å². The van der Waals surface area contributed by atoms with Crippen molar-refractivity contribution >= 4 is 44.9 Å². The second-order valence-electron chi connectivity index (χ2n) is 5.97. The number of ether oxygens (including phenoxy) is 1. The van der Waals surface area contributed by atoms with Gasteiger partial charge in [0.2, 0.25) is 5.91 Å². The third kappa shape index (κ3) is 4.92. The number of carbonyl (C=O) groups excluding carboxylic acids is 2. The van der Waals surface area contributed by atoms with Crippen LogP contribution in [0.15, 0.2) is 46.9 Å². The van der Waals surface area contributed by atoms with Gasteiger partial charge in [-0.1, -0.05) is 39.7 Å². The average molecular weight is 438 g/mol. The maximum Gasteiger partial charge on any atom is 0.238 e. The number of hydrogen-bond acceptors (Lipinski definition) is 4. The first-order valence-corrected chi connectivity index (χ1v) is 9.40. The van der Waals surface area contributed by atoms with E-state index in [1.54, 1.807) is 42.5 Å². The molecule has 5 nitrogen and oxygen atoms in total. The lowest BCUT2D eigenvalue weighted by atomic mass is 10.0. The highest BCUT2D eigenvalue weighted by atomic mass is 79.9. The van der Waals surface area contributed by atoms with Crippen molar-refractivity contribution in [3.05, 3.63) is 63.1 Å². The van der Waals surface area contributed by atoms with E-state index < -0.39 is 0 Å². The Kier molecular flexibility index (Phi) is 6.43. The van der Waals surface area contributed by atoms with Crippen molar-refractivity contribution in [2.75, 3.05) is 38.2 Å². The second kappa shape index (κ2) is 8.77. The highest BCUT2D eigenvalue weighted by Gasteiger charge is 2.18. The summed E-state index contributed by atoms with van der Waals surface area (Å²) in [5.74, 6) is -0.357. The van der Waals surface area contributed by atoms with Gasteiger partial charge in [0, 0.05) is 33.7 Å². The summed E-state index contributed by atoms with van der Waals surface area (Å²) in [5, 5.41) is 3.34. The SMILES string of the molecule is O=C(CN1CCOCC1)Nc1ccc(Br)cc1C(=O)c1cccc(Cl)c1. The minimum atomic E-state index is -0.199. The quantitative estimate of drug-likeness (QED) is 0.726. The number of benzene rings is 2. The van der Waals surface area contributed by atoms with Crippen LogP contribution in [0.3, 0.4) is 0 Å². The number of nitrogens with one attached hydrogen (secondary N) is 1. The van der Waals surface area contributed by atoms with Crippen molar-refractivity contribution < 1.29 is 14.3 Å². The first kappa shape index (κ1) is 19.0. The van der Waals surface area contributed by atoms with E-state index in [9.17, 15) is 9.59 Å². The van der Waals surface area contributed by atoms with Gasteiger partial charge in [-0.15, -0.1) is 0 Å². The number of nitrogens with zero attached hydrogens (tertiary/aromatic N) is 1. The van der Waals surface area contributed by atoms with Crippen LogP contribution in [-0.4, -0.2) is 49.4 Å². The third-order valence-electron chi connectivity index (χ3n) is 4.06. The molecule has 0 aliphatic carbocycles. The number of carbonyl (C=O) groups is 2. The Hall–Kier alpha value is -1.73. The Balaban J connectivity index is 1.79. The molecule has 0 spiro atoms. The summed E-state index contributed by atoms with van der Waals surface area (Å²) in [7, 11) is 0. The van der Waals surface area contributed by atoms with Crippen LogP contribution < -0.4 is 5.32 Å². The number of ketones is 1. The molecule has 1 N–H and O–H groups in total. The van der Waals surface area contributed by atoms with Gasteiger partial charge in [-0.25, -0.2) is 0 Å². The van der Waals surface area contributed by atoms with E-state index in [0.717, 1.165) is 17.6 Å². The fraction of sp³-hybridized carbons (Fsp3) is 0.263. The van der Waals surface area contributed by atoms with Gasteiger partial charge in [-0.05, 0) is 30.3 Å². The molecule has 26 heavy (non-hydrogen) atoms. The lowest BCUT2D eigenvalue weighted by Crippen LogP contribution is -2.41. The third-order valence-corrected chi connectivity index (χ3v) is 4.79. The van der Waals surface area contributed by atoms with Gasteiger partial charge in [-0.2, -0.15) is 0 Å². The highest BCUT2D eigenvalue weighted by Crippen LogP contribution is 2.25. The van der Waals surface area contributed by atoms with E-state index in [-0.39, 0.29) is 18.2 Å². The van der Waals surface area contributed by atoms with E-state index in [4.69, 9.17) is 16.3 Å². The summed E-state index contributed by atoms with van der Waals surface area (Å²) in [5.41, 5.74) is 1.37. The summed E-state index contributed by atoms with van der Waals surface area (Å²) in [6, 6.07) is 12.0. The van der Waals surface area contributed by atoms with Crippen LogP contribution in [0.5, 0.6) is 0 Å². The van der Waals surface area contributed by atoms with Crippen molar-refractivity contribution in [2.24, 2.45) is 0 Å². The molecular weight excluding hydrogens is 420 g/mol. The highest BCUT2D eigenvalue weighted by molar-refractivity contribution is 9.10. The number of morpholine rings is 1. The van der Waals surface area contributed by atoms with Crippen molar-refractivity contribution in [1.82, 2.24) is 4.90 Å². The zero-order chi connectivity index (χ0) is 18.5. The molecule has 0 radical (unpaired) electrons. The molecule has 2 aromatic carbocycles. The Labute approximate surface area is 165 Å². The Morgan fingerprint density at radius 1 is 1.15 bits per heavy atom. The Morgan fingerprint density at radius 3 is 2.65 bits per heavy atom. The molecule has 1 amide bonds. The van der Waals surface area contributed by atoms with Gasteiger partial charge in [0.05, 0.1) is 25.4 Å². The van der Waals surface area contributed by atoms with Crippen LogP contribution in [0.2, 0.25) is 5.02 Å². The Morgan fingerprint density at radius 2 is 1.92 bits per heavy atom. The van der Waals surface area contributed by atoms with Gasteiger partial charge >= 0.3 is 0 Å². The predicted octanol–water partition coefficient (Wildman–Crippen LogP) is 3.60. The van der Waals surface area contributed by atoms with Crippen molar-refractivity contribution in [3.63, 3.8) is 0 Å². The number of anilines is 1. The number of halogens is 2. The molecule has 7 heteroatoms. The van der Waals surface area contributed by atoms with Crippen LogP contribution in [0.25, 0.3) is 0 Å². The normalized spacial score (nSPS) is 14.8. The monoisotopic (exact) mass is 436 g/mol. The molecule has 3 rings (SSSR count). The number of rotatable bonds is 5. The molecule has 2 aromatic rings. The van der Waals surface area contributed by atoms with Gasteiger partial charge < -0.3 is 10.1 Å². The molecule has 1 fully saturated rings. The van der Waals surface area contributed by atoms with Crippen LogP contribution in [0.4, 0.5) is 5.69 Å². The molecule has 1 heterocycles. The minimum Gasteiger partial charge on any atom is -0.379 e. The first-order chi connectivity index (χ1) is 12.5. The summed E-state index contributed by atoms with van der Waals surface area (Å²) >= 11 is 9.38. The zero-order valence-electron chi connectivity index (χ0n) is 14.0. The van der Waals surface area contributed by atoms with Crippen LogP contribution >= 0.6 is 27.5 Å². The van der Waals surface area contributed by atoms with Gasteiger partial charge in [0.15, 0.2) is 5.78 Å². The van der Waals surface area contributed by atoms with E-state index in [1.165, 1.54) is 0 Å². The fourth-order valence-corrected chi connectivity index (χ4v) is 3.30. The van der Waals surface area contributed by atoms with Crippen LogP contribution in [-0.2, 0) is 9.53 Å². The fourth-order valence-electron chi connectivity index (χ4n) is 2.75. The molecule has 0 bridgehead atoms. The van der Waals surface area contributed by atoms with Crippen molar-refractivity contribution in [3.8, 4) is 0 Å². The summed E-state index contributed by atoms with van der Waals surface area (Å²) in [6.07, 6.45) is 0. The van der Waals surface area contributed by atoms with Crippen molar-refractivity contribution in [1.29, 1.82) is 0 Å². The number of hydrogen-bond donors (Lipinski definition) is 1.